The summed E-state index contributed by atoms with van der Waals surface area (Å²) < 4.78 is 19.1. The maximum Gasteiger partial charge on any atom is 0.326 e. The van der Waals surface area contributed by atoms with Gasteiger partial charge in [-0.25, -0.2) is 4.79 Å². The smallest absolute Gasteiger partial charge is 0.326 e. The number of carbonyl (C=O) groups is 5. The Hall–Kier alpha value is -5.04. The summed E-state index contributed by atoms with van der Waals surface area (Å²) in [5.41, 5.74) is 23.9. The minimum absolute atomic E-state index is 0.000666. The topological polar surface area (TPSA) is 304 Å². The second-order valence-electron chi connectivity index (χ2n) is 12.9. The first-order valence-corrected chi connectivity index (χ1v) is 17.5. The number of guanidine groups is 2. The molecular weight excluding hydrogens is 693 g/mol. The molecule has 1 unspecified atom stereocenters. The fraction of sp³-hybridized carbons (Fsp3) is 0.618. The van der Waals surface area contributed by atoms with E-state index in [1.807, 2.05) is 0 Å². The molecule has 53 heavy (non-hydrogen) atoms. The average molecular weight is 752 g/mol. The summed E-state index contributed by atoms with van der Waals surface area (Å²) in [7, 11) is 1.43. The number of carboxylic acid groups (broad SMARTS) is 1. The molecule has 0 aromatic heterocycles. The van der Waals surface area contributed by atoms with Crippen LogP contribution in [0.1, 0.15) is 65.4 Å². The van der Waals surface area contributed by atoms with Crippen LogP contribution in [0.25, 0.3) is 0 Å². The highest BCUT2D eigenvalue weighted by molar-refractivity contribution is 5.95. The number of benzene rings is 1. The van der Waals surface area contributed by atoms with E-state index in [9.17, 15) is 33.6 Å². The first-order valence-electron chi connectivity index (χ1n) is 17.5. The highest BCUT2D eigenvalue weighted by atomic mass is 19.2. The second kappa shape index (κ2) is 24.2. The number of halogens is 1. The molecule has 0 aliphatic rings. The van der Waals surface area contributed by atoms with E-state index in [4.69, 9.17) is 27.7 Å². The first kappa shape index (κ1) is 46.0. The zero-order chi connectivity index (χ0) is 40.1. The van der Waals surface area contributed by atoms with E-state index >= 15 is 0 Å². The summed E-state index contributed by atoms with van der Waals surface area (Å²) in [4.78, 5) is 74.4. The van der Waals surface area contributed by atoms with Crippen molar-refractivity contribution in [3.8, 4) is 0 Å². The third-order valence-corrected chi connectivity index (χ3v) is 8.89. The van der Waals surface area contributed by atoms with Gasteiger partial charge in [0, 0.05) is 32.5 Å². The third kappa shape index (κ3) is 16.9. The minimum Gasteiger partial charge on any atom is -0.480 e. The number of hydrogen-bond acceptors (Lipinski definition) is 9. The zero-order valence-electron chi connectivity index (χ0n) is 31.1. The van der Waals surface area contributed by atoms with Gasteiger partial charge >= 0.3 is 5.97 Å². The highest BCUT2D eigenvalue weighted by Crippen LogP contribution is 2.15. The van der Waals surface area contributed by atoms with Gasteiger partial charge in [-0.15, -0.1) is 10.0 Å². The first-order chi connectivity index (χ1) is 25.1. The van der Waals surface area contributed by atoms with Crippen LogP contribution >= 0.6 is 0 Å². The molecule has 0 aliphatic carbocycles. The van der Waals surface area contributed by atoms with Crippen LogP contribution in [0.2, 0.25) is 0 Å². The molecule has 0 saturated carbocycles. The molecule has 1 aromatic carbocycles. The van der Waals surface area contributed by atoms with E-state index in [0.717, 1.165) is 0 Å². The van der Waals surface area contributed by atoms with Crippen molar-refractivity contribution in [3.05, 3.63) is 35.9 Å². The number of nitrogens with one attached hydrogen (secondary N) is 5. The van der Waals surface area contributed by atoms with E-state index in [1.165, 1.54) is 12.6 Å². The molecule has 18 nitrogen and oxygen atoms in total. The summed E-state index contributed by atoms with van der Waals surface area (Å²) in [5, 5.41) is 20.3. The van der Waals surface area contributed by atoms with Crippen molar-refractivity contribution in [3.63, 3.8) is 0 Å². The summed E-state index contributed by atoms with van der Waals surface area (Å²) in [6, 6.07) is 2.29. The molecule has 4 amide bonds. The number of aliphatic imine (C=N–C) groups is 2. The summed E-state index contributed by atoms with van der Waals surface area (Å²) in [5.74, 6) is -5.80. The summed E-state index contributed by atoms with van der Waals surface area (Å²) >= 11 is 0. The zero-order valence-corrected chi connectivity index (χ0v) is 31.1. The number of aliphatic carboxylic acids is 1. The van der Waals surface area contributed by atoms with Gasteiger partial charge in [0.25, 0.3) is 0 Å². The molecule has 0 bridgehead atoms. The molecule has 0 radical (unpaired) electrons. The van der Waals surface area contributed by atoms with Crippen LogP contribution in [-0.4, -0.2) is 103 Å². The Morgan fingerprint density at radius 3 is 1.66 bits per heavy atom. The predicted molar refractivity (Wildman–Crippen MR) is 198 cm³/mol. The van der Waals surface area contributed by atoms with Crippen molar-refractivity contribution in [1.29, 1.82) is 0 Å². The highest BCUT2D eigenvalue weighted by Gasteiger charge is 2.36. The lowest BCUT2D eigenvalue weighted by atomic mass is 9.94. The number of rotatable bonds is 25. The molecule has 0 spiro atoms. The van der Waals surface area contributed by atoms with Gasteiger partial charge in [0.15, 0.2) is 11.9 Å². The largest absolute Gasteiger partial charge is 0.480 e. The van der Waals surface area contributed by atoms with Gasteiger partial charge in [-0.3, -0.25) is 29.2 Å². The summed E-state index contributed by atoms with van der Waals surface area (Å²) in [6.45, 7) is 7.01. The van der Waals surface area contributed by atoms with Crippen LogP contribution in [0, 0.1) is 11.8 Å². The normalized spacial score (nSPS) is 15.5. The molecule has 298 valence electrons. The SMILES string of the molecule is CC[C@H](C)[C@H](NC(=O)[C@@H](NF)[C@@H](C)C(C)OC)C(=O)N[C@@H](CCCN=C(N)N)C(=O)N[C@@H](CCCN=C(N)N)C(=O)N[C@@H](Cc1ccccc1)C(=O)O. The Bertz CT molecular complexity index is 1380. The number of carboxylic acids is 1. The lowest BCUT2D eigenvalue weighted by Crippen LogP contribution is -2.60. The van der Waals surface area contributed by atoms with Crippen LogP contribution < -0.4 is 49.7 Å². The molecular formula is C34H58FN11O7. The van der Waals surface area contributed by atoms with Gasteiger partial charge < -0.3 is 54.0 Å². The lowest BCUT2D eigenvalue weighted by molar-refractivity contribution is -0.142. The lowest BCUT2D eigenvalue weighted by Gasteiger charge is -2.30. The van der Waals surface area contributed by atoms with E-state index in [2.05, 4.69) is 31.3 Å². The Labute approximate surface area is 309 Å². The molecule has 0 saturated heterocycles. The fourth-order valence-electron chi connectivity index (χ4n) is 5.22. The molecule has 1 aromatic rings. The Balaban J connectivity index is 3.38. The summed E-state index contributed by atoms with van der Waals surface area (Å²) in [6.07, 6.45) is 0.351. The Morgan fingerprint density at radius 2 is 1.23 bits per heavy atom. The molecule has 0 heterocycles. The monoisotopic (exact) mass is 751 g/mol. The van der Waals surface area contributed by atoms with Gasteiger partial charge in [-0.1, -0.05) is 57.5 Å². The van der Waals surface area contributed by atoms with Gasteiger partial charge in [-0.2, -0.15) is 0 Å². The number of ether oxygens (including phenoxy) is 1. The van der Waals surface area contributed by atoms with E-state index in [-0.39, 0.29) is 57.1 Å². The molecule has 14 N–H and O–H groups in total. The standard InChI is InChI=1S/C34H58FN11O7/c1-6-19(2)26(45-31(50)27(46-35)20(3)21(4)53-5)30(49)43-24(15-11-17-41-34(38)39)28(47)42-23(14-10-16-40-33(36)37)29(48)44-25(32(51)52)18-22-12-8-7-9-13-22/h7-9,12-13,19-21,23-27,46H,6,10-11,14-18H2,1-5H3,(H,42,47)(H,43,49)(H,44,48)(H,45,50)(H,51,52)(H4,36,37,40)(H4,38,39,41)/t19-,20-,21?,23-,24-,25-,26-,27-/m0/s1. The van der Waals surface area contributed by atoms with Gasteiger partial charge in [0.2, 0.25) is 23.6 Å². The number of methoxy groups -OCH3 is 1. The van der Waals surface area contributed by atoms with Gasteiger partial charge in [-0.05, 0) is 44.1 Å². The number of nitrogens with two attached hydrogens (primary N) is 4. The van der Waals surface area contributed by atoms with Gasteiger partial charge in [0.1, 0.15) is 30.2 Å². The average Bonchev–Trinajstić information content (AvgIpc) is 3.12. The van der Waals surface area contributed by atoms with Crippen molar-refractivity contribution >= 4 is 41.5 Å². The minimum atomic E-state index is -1.35. The number of amides is 4. The molecule has 0 fully saturated rings. The number of carbonyl (C=O) groups excluding carboxylic acids is 4. The van der Waals surface area contributed by atoms with Crippen LogP contribution in [-0.2, 0) is 35.1 Å². The van der Waals surface area contributed by atoms with Crippen molar-refractivity contribution in [2.24, 2.45) is 44.8 Å². The number of hydrogen-bond donors (Lipinski definition) is 10. The van der Waals surface area contributed by atoms with Crippen molar-refractivity contribution in [2.45, 2.75) is 103 Å². The van der Waals surface area contributed by atoms with Gasteiger partial charge in [0.05, 0.1) is 6.10 Å². The van der Waals surface area contributed by atoms with Crippen molar-refractivity contribution in [1.82, 2.24) is 26.8 Å². The molecule has 1 rings (SSSR count). The Kier molecular flexibility index (Phi) is 21.0. The predicted octanol–water partition coefficient (Wildman–Crippen LogP) is -1.08. The quantitative estimate of drug-likeness (QED) is 0.0247. The van der Waals surface area contributed by atoms with Crippen LogP contribution in [0.15, 0.2) is 40.3 Å². The fourth-order valence-corrected chi connectivity index (χ4v) is 5.22. The molecule has 8 atom stereocenters. The maximum absolute atomic E-state index is 13.9. The molecule has 0 aliphatic heterocycles. The Morgan fingerprint density at radius 1 is 0.755 bits per heavy atom. The van der Waals surface area contributed by atoms with Crippen molar-refractivity contribution < 1.29 is 38.3 Å². The second-order valence-corrected chi connectivity index (χ2v) is 12.9. The number of nitrogens with zero attached hydrogens (tertiary/aromatic N) is 2. The van der Waals surface area contributed by atoms with E-state index in [0.29, 0.717) is 12.0 Å². The van der Waals surface area contributed by atoms with Crippen LogP contribution in [0.3, 0.4) is 0 Å². The third-order valence-electron chi connectivity index (χ3n) is 8.89. The van der Waals surface area contributed by atoms with Crippen LogP contribution in [0.5, 0.6) is 0 Å². The van der Waals surface area contributed by atoms with E-state index in [1.54, 1.807) is 58.0 Å². The van der Waals surface area contributed by atoms with E-state index < -0.39 is 77.7 Å². The van der Waals surface area contributed by atoms with Crippen LogP contribution in [0.4, 0.5) is 4.48 Å². The van der Waals surface area contributed by atoms with Crippen molar-refractivity contribution in [2.75, 3.05) is 20.2 Å². The molecule has 19 heteroatoms. The maximum atomic E-state index is 13.9.